The molecule has 0 unspecified atom stereocenters. The van der Waals surface area contributed by atoms with Gasteiger partial charge in [-0.3, -0.25) is 0 Å². The summed E-state index contributed by atoms with van der Waals surface area (Å²) >= 11 is -2.49. The maximum atomic E-state index is 2.56. The van der Waals surface area contributed by atoms with Gasteiger partial charge in [0, 0.05) is 0 Å². The fourth-order valence-corrected chi connectivity index (χ4v) is 20.8. The first-order chi connectivity index (χ1) is 31.7. The van der Waals surface area contributed by atoms with E-state index in [2.05, 4.69) is 263 Å². The van der Waals surface area contributed by atoms with Crippen LogP contribution in [0.25, 0.3) is 44.5 Å². The van der Waals surface area contributed by atoms with Crippen LogP contribution in [-0.2, 0) is 43.3 Å². The first-order valence-corrected chi connectivity index (χ1v) is 31.2. The molecule has 6 aromatic carbocycles. The second-order valence-electron chi connectivity index (χ2n) is 29.1. The second-order valence-corrected chi connectivity index (χ2v) is 35.5. The topological polar surface area (TPSA) is 0 Å². The molecule has 2 heteroatoms. The van der Waals surface area contributed by atoms with Gasteiger partial charge in [-0.25, -0.2) is 0 Å². The van der Waals surface area contributed by atoms with Gasteiger partial charge in [0.1, 0.15) is 0 Å². The molecule has 6 aromatic rings. The third-order valence-corrected chi connectivity index (χ3v) is 25.6. The van der Waals surface area contributed by atoms with Gasteiger partial charge in [-0.2, -0.15) is 0 Å². The fraction of sp³-hybridized carbons (Fsp3) is 0.471. The van der Waals surface area contributed by atoms with E-state index in [4.69, 9.17) is 0 Å². The minimum absolute atomic E-state index is 0.0194. The first-order valence-electron chi connectivity index (χ1n) is 26.1. The van der Waals surface area contributed by atoms with Crippen LogP contribution in [0, 0.1) is 6.19 Å². The molecule has 0 aliphatic carbocycles. The Morgan fingerprint density at radius 3 is 0.543 bits per heavy atom. The van der Waals surface area contributed by atoms with Gasteiger partial charge in [0.15, 0.2) is 0 Å². The summed E-state index contributed by atoms with van der Waals surface area (Å²) < 4.78 is 6.74. The summed E-state index contributed by atoms with van der Waals surface area (Å²) in [5.74, 6) is 0. The Hall–Kier alpha value is -3.04. The van der Waals surface area contributed by atoms with Crippen molar-refractivity contribution in [1.29, 1.82) is 0 Å². The van der Waals surface area contributed by atoms with Crippen molar-refractivity contribution in [3.8, 4) is 44.5 Å². The molecule has 1 heterocycles. The summed E-state index contributed by atoms with van der Waals surface area (Å²) in [6.07, 6.45) is 0. The molecule has 0 N–H and O–H groups in total. The van der Waals surface area contributed by atoms with Crippen LogP contribution in [0.4, 0.5) is 0 Å². The van der Waals surface area contributed by atoms with Crippen LogP contribution in [0.5, 0.6) is 0 Å². The van der Waals surface area contributed by atoms with E-state index >= 15 is 0 Å². The molecule has 1 aliphatic rings. The molecule has 0 saturated heterocycles. The molecule has 1 aliphatic heterocycles. The summed E-state index contributed by atoms with van der Waals surface area (Å²) in [6, 6.07) is 40.7. The van der Waals surface area contributed by atoms with Crippen molar-refractivity contribution in [1.82, 2.24) is 0 Å². The van der Waals surface area contributed by atoms with Crippen molar-refractivity contribution < 1.29 is 0 Å². The van der Waals surface area contributed by atoms with E-state index in [0.717, 1.165) is 0 Å². The molecule has 0 radical (unpaired) electrons. The zero-order valence-corrected chi connectivity index (χ0v) is 53.2. The van der Waals surface area contributed by atoms with Crippen molar-refractivity contribution in [2.45, 2.75) is 209 Å². The molecular formula is C68H88Sb2. The van der Waals surface area contributed by atoms with Crippen LogP contribution in [0.2, 0.25) is 0 Å². The molecule has 70 heavy (non-hydrogen) atoms. The zero-order chi connectivity index (χ0) is 52.3. The molecule has 0 saturated carbocycles. The first kappa shape index (κ1) is 54.7. The summed E-state index contributed by atoms with van der Waals surface area (Å²) in [6.45, 7) is 57.2. The molecule has 0 atom stereocenters. The Bertz CT molecular complexity index is 2790. The van der Waals surface area contributed by atoms with E-state index < -0.39 is 42.3 Å². The minimum atomic E-state index is -1.25. The van der Waals surface area contributed by atoms with Gasteiger partial charge in [-0.15, -0.1) is 0 Å². The van der Waals surface area contributed by atoms with Crippen molar-refractivity contribution in [3.63, 3.8) is 0 Å². The van der Waals surface area contributed by atoms with Gasteiger partial charge in [0.2, 0.25) is 0 Å². The van der Waals surface area contributed by atoms with Crippen molar-refractivity contribution in [2.24, 2.45) is 0 Å². The zero-order valence-electron chi connectivity index (χ0n) is 48.1. The van der Waals surface area contributed by atoms with Gasteiger partial charge in [0.05, 0.1) is 0 Å². The molecule has 0 amide bonds. The number of rotatable bonds is 4. The van der Waals surface area contributed by atoms with Crippen LogP contribution < -0.4 is 7.02 Å². The number of benzene rings is 6. The molecule has 0 aromatic heterocycles. The predicted molar refractivity (Wildman–Crippen MR) is 313 cm³/mol. The van der Waals surface area contributed by atoms with Crippen LogP contribution in [-0.4, -0.2) is 42.3 Å². The number of hydrogen-bond acceptors (Lipinski definition) is 0. The molecule has 0 bridgehead atoms. The molecule has 0 spiro atoms. The monoisotopic (exact) mass is 1150 g/mol. The maximum absolute atomic E-state index is 2.56. The standard InChI is InChI=1S/2C34H44.2Sb/c2*1-31(2,3)27-17-25(18-28(21-27)32(4,5)6)23-13-15-24(16-14-23)26-19-29(33(7,8)9)22-30(20-26)34(10,11)12;;/h2*13,15,17-22H,1-12H3;;. The molecule has 370 valence electrons. The third kappa shape index (κ3) is 11.7. The molecule has 0 nitrogen and oxygen atoms in total. The van der Waals surface area contributed by atoms with Crippen LogP contribution in [0.3, 0.4) is 0 Å². The van der Waals surface area contributed by atoms with E-state index in [1.807, 2.05) is 0 Å². The van der Waals surface area contributed by atoms with Gasteiger partial charge in [-0.1, -0.05) is 0 Å². The summed E-state index contributed by atoms with van der Waals surface area (Å²) in [5.41, 5.74) is 23.0. The fourth-order valence-electron chi connectivity index (χ4n) is 9.36. The SMILES string of the molecule is CC(C)(C)c1cc(-c2ccc(-c3cc(C(C)(C)C)cc(C(C)(C)C)c3)[c]3[c]2[Sb]=[c]2c(-c4cc(C(C)(C)C)cc(C(C)(C)C)c4)ccc(-c4cc(C(C)(C)C)cc(C(C)(C)C)c4)[c]2=[Sb]3)cc(C(C)(C)C)c1. The van der Waals surface area contributed by atoms with Crippen LogP contribution >= 0.6 is 0 Å². The molecule has 0 fully saturated rings. The van der Waals surface area contributed by atoms with E-state index in [1.54, 1.807) is 13.2 Å². The average molecular weight is 1150 g/mol. The van der Waals surface area contributed by atoms with Crippen molar-refractivity contribution >= 4 is 49.3 Å². The van der Waals surface area contributed by atoms with E-state index in [0.29, 0.717) is 0 Å². The molecular weight excluding hydrogens is 1060 g/mol. The van der Waals surface area contributed by atoms with E-state index in [9.17, 15) is 0 Å². The Morgan fingerprint density at radius 2 is 0.371 bits per heavy atom. The van der Waals surface area contributed by atoms with Gasteiger partial charge >= 0.3 is 451 Å². The Morgan fingerprint density at radius 1 is 0.214 bits per heavy atom. The van der Waals surface area contributed by atoms with Gasteiger partial charge in [-0.05, 0) is 0 Å². The number of fused-ring (bicyclic) bond motifs is 2. The Kier molecular flexibility index (Phi) is 14.4. The van der Waals surface area contributed by atoms with Crippen molar-refractivity contribution in [2.75, 3.05) is 0 Å². The van der Waals surface area contributed by atoms with E-state index in [1.165, 1.54) is 89.0 Å². The third-order valence-electron chi connectivity index (χ3n) is 14.7. The summed E-state index contributed by atoms with van der Waals surface area (Å²) in [5, 5.41) is 0. The summed E-state index contributed by atoms with van der Waals surface area (Å²) in [4.78, 5) is 0. The summed E-state index contributed by atoms with van der Waals surface area (Å²) in [7, 11) is 0. The molecule has 7 rings (SSSR count). The van der Waals surface area contributed by atoms with Crippen LogP contribution in [0.15, 0.2) is 97.1 Å². The normalized spacial score (nSPS) is 13.9. The van der Waals surface area contributed by atoms with Gasteiger partial charge in [0.25, 0.3) is 0 Å². The quantitative estimate of drug-likeness (QED) is 0.154. The average Bonchev–Trinajstić information content (AvgIpc) is 3.21. The number of hydrogen-bond donors (Lipinski definition) is 0. The second kappa shape index (κ2) is 18.4. The van der Waals surface area contributed by atoms with Crippen molar-refractivity contribution in [3.05, 3.63) is 148 Å². The van der Waals surface area contributed by atoms with E-state index in [-0.39, 0.29) is 43.3 Å². The predicted octanol–water partition coefficient (Wildman–Crippen LogP) is 17.6. The van der Waals surface area contributed by atoms with Crippen LogP contribution in [0.1, 0.15) is 211 Å². The Labute approximate surface area is 447 Å². The Balaban J connectivity index is 1.73. The van der Waals surface area contributed by atoms with Gasteiger partial charge < -0.3 is 0 Å².